The number of rotatable bonds is 4. The lowest BCUT2D eigenvalue weighted by atomic mass is 9.98. The molecule has 0 radical (unpaired) electrons. The highest BCUT2D eigenvalue weighted by Gasteiger charge is 2.20. The summed E-state index contributed by atoms with van der Waals surface area (Å²) in [6, 6.07) is 14.4. The van der Waals surface area contributed by atoms with E-state index in [1.165, 1.54) is 22.3 Å². The van der Waals surface area contributed by atoms with Crippen molar-refractivity contribution in [1.82, 2.24) is 0 Å². The number of nitrogens with two attached hydrogens (primary N) is 1. The van der Waals surface area contributed by atoms with Crippen LogP contribution >= 0.6 is 12.4 Å². The maximum absolute atomic E-state index is 11.5. The summed E-state index contributed by atoms with van der Waals surface area (Å²) in [5, 5.41) is 0. The molecule has 0 bridgehead atoms. The van der Waals surface area contributed by atoms with E-state index in [-0.39, 0.29) is 30.8 Å². The molecule has 0 fully saturated rings. The first-order valence-corrected chi connectivity index (χ1v) is 7.31. The number of hydrogen-bond acceptors (Lipinski definition) is 3. The SMILES string of the molecule is CCOC(=O)C[C@H](N)c1ccc2c(c1)Cc1ccccc1-2.Cl. The Morgan fingerprint density at radius 1 is 1.18 bits per heavy atom. The largest absolute Gasteiger partial charge is 0.466 e. The quantitative estimate of drug-likeness (QED) is 0.748. The molecule has 0 amide bonds. The van der Waals surface area contributed by atoms with Gasteiger partial charge in [-0.25, -0.2) is 0 Å². The first-order chi connectivity index (χ1) is 10.2. The molecule has 0 heterocycles. The van der Waals surface area contributed by atoms with Crippen molar-refractivity contribution >= 4 is 18.4 Å². The zero-order valence-corrected chi connectivity index (χ0v) is 13.4. The summed E-state index contributed by atoms with van der Waals surface area (Å²) < 4.78 is 4.96. The van der Waals surface area contributed by atoms with Gasteiger partial charge < -0.3 is 10.5 Å². The van der Waals surface area contributed by atoms with Crippen molar-refractivity contribution in [2.45, 2.75) is 25.8 Å². The van der Waals surface area contributed by atoms with Crippen molar-refractivity contribution in [1.29, 1.82) is 0 Å². The summed E-state index contributed by atoms with van der Waals surface area (Å²) in [6.07, 6.45) is 1.16. The number of hydrogen-bond donors (Lipinski definition) is 1. The van der Waals surface area contributed by atoms with E-state index in [0.29, 0.717) is 6.61 Å². The lowest BCUT2D eigenvalue weighted by Gasteiger charge is -2.13. The van der Waals surface area contributed by atoms with E-state index in [1.807, 2.05) is 6.07 Å². The molecule has 3 nitrogen and oxygen atoms in total. The summed E-state index contributed by atoms with van der Waals surface area (Å²) in [6.45, 7) is 2.20. The van der Waals surface area contributed by atoms with Crippen LogP contribution in [0.2, 0.25) is 0 Å². The Morgan fingerprint density at radius 2 is 1.91 bits per heavy atom. The van der Waals surface area contributed by atoms with Crippen LogP contribution in [0, 0.1) is 0 Å². The number of fused-ring (bicyclic) bond motifs is 3. The average Bonchev–Trinajstić information content (AvgIpc) is 2.85. The van der Waals surface area contributed by atoms with Crippen LogP contribution in [0.15, 0.2) is 42.5 Å². The maximum Gasteiger partial charge on any atom is 0.307 e. The molecule has 1 aliphatic rings. The van der Waals surface area contributed by atoms with E-state index in [9.17, 15) is 4.79 Å². The molecule has 0 saturated heterocycles. The van der Waals surface area contributed by atoms with Gasteiger partial charge in [0.2, 0.25) is 0 Å². The molecule has 116 valence electrons. The van der Waals surface area contributed by atoms with E-state index in [4.69, 9.17) is 10.5 Å². The van der Waals surface area contributed by atoms with Gasteiger partial charge in [-0.15, -0.1) is 12.4 Å². The molecular weight excluding hydrogens is 298 g/mol. The van der Waals surface area contributed by atoms with E-state index >= 15 is 0 Å². The number of carbonyl (C=O) groups is 1. The van der Waals surface area contributed by atoms with Crippen molar-refractivity contribution in [3.63, 3.8) is 0 Å². The molecule has 2 N–H and O–H groups in total. The van der Waals surface area contributed by atoms with E-state index in [0.717, 1.165) is 12.0 Å². The second kappa shape index (κ2) is 6.95. The first-order valence-electron chi connectivity index (χ1n) is 7.31. The zero-order valence-electron chi connectivity index (χ0n) is 12.5. The van der Waals surface area contributed by atoms with Gasteiger partial charge in [0, 0.05) is 6.04 Å². The molecule has 0 unspecified atom stereocenters. The number of benzene rings is 2. The molecule has 0 saturated carbocycles. The van der Waals surface area contributed by atoms with Gasteiger partial charge in [-0.1, -0.05) is 42.5 Å². The second-order valence-corrected chi connectivity index (χ2v) is 5.37. The molecular formula is C18H20ClNO2. The van der Waals surface area contributed by atoms with E-state index in [2.05, 4.69) is 36.4 Å². The molecule has 2 aromatic carbocycles. The smallest absolute Gasteiger partial charge is 0.307 e. The van der Waals surface area contributed by atoms with Gasteiger partial charge in [0.1, 0.15) is 0 Å². The fraction of sp³-hybridized carbons (Fsp3) is 0.278. The van der Waals surface area contributed by atoms with Crippen molar-refractivity contribution in [2.24, 2.45) is 5.73 Å². The van der Waals surface area contributed by atoms with Gasteiger partial charge in [-0.05, 0) is 41.2 Å². The van der Waals surface area contributed by atoms with Crippen LogP contribution in [0.3, 0.4) is 0 Å². The minimum absolute atomic E-state index is 0. The fourth-order valence-electron chi connectivity index (χ4n) is 2.91. The Balaban J connectivity index is 0.00000176. The number of carbonyl (C=O) groups excluding carboxylic acids is 1. The summed E-state index contributed by atoms with van der Waals surface area (Å²) in [5.74, 6) is -0.242. The Labute approximate surface area is 136 Å². The third kappa shape index (κ3) is 3.16. The minimum Gasteiger partial charge on any atom is -0.466 e. The minimum atomic E-state index is -0.307. The maximum atomic E-state index is 11.5. The zero-order chi connectivity index (χ0) is 14.8. The normalized spacial score (nSPS) is 12.8. The van der Waals surface area contributed by atoms with E-state index in [1.54, 1.807) is 6.92 Å². The molecule has 0 aliphatic heterocycles. The van der Waals surface area contributed by atoms with Crippen molar-refractivity contribution in [3.8, 4) is 11.1 Å². The third-order valence-electron chi connectivity index (χ3n) is 3.94. The number of halogens is 1. The van der Waals surface area contributed by atoms with E-state index < -0.39 is 0 Å². The molecule has 3 rings (SSSR count). The summed E-state index contributed by atoms with van der Waals surface area (Å²) in [5.41, 5.74) is 12.3. The van der Waals surface area contributed by atoms with Crippen LogP contribution in [-0.2, 0) is 16.0 Å². The standard InChI is InChI=1S/C18H19NO2.ClH/c1-2-21-18(20)11-17(19)13-7-8-16-14(10-13)9-12-5-3-4-6-15(12)16;/h3-8,10,17H,2,9,11,19H2,1H3;1H/t17-;/m0./s1. The van der Waals surface area contributed by atoms with Gasteiger partial charge in [-0.2, -0.15) is 0 Å². The van der Waals surface area contributed by atoms with Crippen molar-refractivity contribution < 1.29 is 9.53 Å². The van der Waals surface area contributed by atoms with Gasteiger partial charge in [-0.3, -0.25) is 4.79 Å². The molecule has 2 aromatic rings. The summed E-state index contributed by atoms with van der Waals surface area (Å²) >= 11 is 0. The Kier molecular flexibility index (Phi) is 5.22. The fourth-order valence-corrected chi connectivity index (χ4v) is 2.91. The average molecular weight is 318 g/mol. The summed E-state index contributed by atoms with van der Waals surface area (Å²) in [7, 11) is 0. The Hall–Kier alpha value is -1.84. The van der Waals surface area contributed by atoms with Gasteiger partial charge in [0.15, 0.2) is 0 Å². The van der Waals surface area contributed by atoms with Crippen LogP contribution in [0.1, 0.15) is 36.1 Å². The first kappa shape index (κ1) is 16.5. The molecule has 1 aliphatic carbocycles. The second-order valence-electron chi connectivity index (χ2n) is 5.37. The predicted molar refractivity (Wildman–Crippen MR) is 90.1 cm³/mol. The lowest BCUT2D eigenvalue weighted by molar-refractivity contribution is -0.143. The molecule has 22 heavy (non-hydrogen) atoms. The summed E-state index contributed by atoms with van der Waals surface area (Å²) in [4.78, 5) is 11.5. The highest BCUT2D eigenvalue weighted by Crippen LogP contribution is 2.37. The third-order valence-corrected chi connectivity index (χ3v) is 3.94. The number of ether oxygens (including phenoxy) is 1. The molecule has 1 atom stereocenters. The van der Waals surface area contributed by atoms with Gasteiger partial charge >= 0.3 is 5.97 Å². The Morgan fingerprint density at radius 3 is 2.68 bits per heavy atom. The van der Waals surface area contributed by atoms with Crippen LogP contribution in [0.4, 0.5) is 0 Å². The number of esters is 1. The van der Waals surface area contributed by atoms with Crippen LogP contribution in [0.5, 0.6) is 0 Å². The Bertz CT molecular complexity index is 685. The highest BCUT2D eigenvalue weighted by atomic mass is 35.5. The monoisotopic (exact) mass is 317 g/mol. The topological polar surface area (TPSA) is 52.3 Å². The van der Waals surface area contributed by atoms with Crippen LogP contribution in [0.25, 0.3) is 11.1 Å². The lowest BCUT2D eigenvalue weighted by Crippen LogP contribution is -2.17. The van der Waals surface area contributed by atoms with Crippen molar-refractivity contribution in [3.05, 3.63) is 59.2 Å². The molecule has 0 spiro atoms. The highest BCUT2D eigenvalue weighted by molar-refractivity contribution is 5.85. The van der Waals surface area contributed by atoms with Gasteiger partial charge in [0.05, 0.1) is 13.0 Å². The van der Waals surface area contributed by atoms with Crippen LogP contribution < -0.4 is 5.73 Å². The van der Waals surface area contributed by atoms with Gasteiger partial charge in [0.25, 0.3) is 0 Å². The van der Waals surface area contributed by atoms with Crippen LogP contribution in [-0.4, -0.2) is 12.6 Å². The molecule has 4 heteroatoms. The van der Waals surface area contributed by atoms with Crippen molar-refractivity contribution in [2.75, 3.05) is 6.61 Å². The predicted octanol–water partition coefficient (Wildman–Crippen LogP) is 3.63. The molecule has 0 aromatic heterocycles.